The van der Waals surface area contributed by atoms with Crippen molar-refractivity contribution in [2.24, 2.45) is 0 Å². The molecule has 1 aliphatic rings. The Hall–Kier alpha value is -2.08. The maximum absolute atomic E-state index is 12.6. The van der Waals surface area contributed by atoms with Crippen molar-refractivity contribution in [2.75, 3.05) is 19.8 Å². The molecule has 130 valence electrons. The Balaban J connectivity index is 1.69. The van der Waals surface area contributed by atoms with Gasteiger partial charge in [-0.05, 0) is 44.4 Å². The standard InChI is InChI=1S/C18H24N2O4/c1-3-23-12-14-5-4-9-19(14)17(21)8-10-20-15-11-13(2)6-7-16(15)24-18(20)22/h6-7,11,14H,3-5,8-10,12H2,1-2H3. The molecule has 1 amide bonds. The second kappa shape index (κ2) is 7.21. The van der Waals surface area contributed by atoms with Crippen LogP contribution in [0.25, 0.3) is 11.1 Å². The SMILES string of the molecule is CCOCC1CCCN1C(=O)CCn1c(=O)oc2ccc(C)cc21. The van der Waals surface area contributed by atoms with Crippen molar-refractivity contribution >= 4 is 17.0 Å². The number of carbonyl (C=O) groups is 1. The van der Waals surface area contributed by atoms with Crippen LogP contribution in [0.1, 0.15) is 31.7 Å². The molecule has 24 heavy (non-hydrogen) atoms. The lowest BCUT2D eigenvalue weighted by atomic mass is 10.2. The van der Waals surface area contributed by atoms with Crippen molar-refractivity contribution in [3.63, 3.8) is 0 Å². The maximum atomic E-state index is 12.6. The highest BCUT2D eigenvalue weighted by atomic mass is 16.5. The van der Waals surface area contributed by atoms with Gasteiger partial charge < -0.3 is 14.1 Å². The average molecular weight is 332 g/mol. The fourth-order valence-electron chi connectivity index (χ4n) is 3.33. The molecule has 2 aromatic rings. The summed E-state index contributed by atoms with van der Waals surface area (Å²) >= 11 is 0. The van der Waals surface area contributed by atoms with Crippen LogP contribution in [-0.4, -0.2) is 41.2 Å². The molecule has 0 aliphatic carbocycles. The normalized spacial score (nSPS) is 17.8. The summed E-state index contributed by atoms with van der Waals surface area (Å²) in [7, 11) is 0. The number of hydrogen-bond acceptors (Lipinski definition) is 4. The minimum absolute atomic E-state index is 0.0751. The van der Waals surface area contributed by atoms with Gasteiger partial charge in [0, 0.05) is 26.1 Å². The van der Waals surface area contributed by atoms with Gasteiger partial charge in [0.05, 0.1) is 18.2 Å². The van der Waals surface area contributed by atoms with Crippen LogP contribution in [0.15, 0.2) is 27.4 Å². The summed E-state index contributed by atoms with van der Waals surface area (Å²) in [5, 5.41) is 0. The van der Waals surface area contributed by atoms with E-state index in [0.29, 0.717) is 31.8 Å². The fraction of sp³-hybridized carbons (Fsp3) is 0.556. The Kier molecular flexibility index (Phi) is 5.04. The first-order valence-corrected chi connectivity index (χ1v) is 8.57. The molecule has 0 radical (unpaired) electrons. The summed E-state index contributed by atoms with van der Waals surface area (Å²) in [6.45, 7) is 6.29. The summed E-state index contributed by atoms with van der Waals surface area (Å²) < 4.78 is 12.3. The molecule has 1 saturated heterocycles. The molecule has 1 fully saturated rings. The van der Waals surface area contributed by atoms with Crippen molar-refractivity contribution in [3.8, 4) is 0 Å². The third-order valence-electron chi connectivity index (χ3n) is 4.58. The molecule has 1 aromatic carbocycles. The molecule has 1 atom stereocenters. The number of benzene rings is 1. The largest absolute Gasteiger partial charge is 0.419 e. The van der Waals surface area contributed by atoms with Crippen LogP contribution in [0.4, 0.5) is 0 Å². The van der Waals surface area contributed by atoms with Gasteiger partial charge in [0.25, 0.3) is 0 Å². The topological polar surface area (TPSA) is 64.7 Å². The van der Waals surface area contributed by atoms with Gasteiger partial charge in [-0.25, -0.2) is 4.79 Å². The zero-order valence-corrected chi connectivity index (χ0v) is 14.3. The zero-order valence-electron chi connectivity index (χ0n) is 14.3. The van der Waals surface area contributed by atoms with Crippen molar-refractivity contribution < 1.29 is 13.9 Å². The molecule has 0 saturated carbocycles. The smallest absolute Gasteiger partial charge is 0.408 e. The molecule has 0 bridgehead atoms. The van der Waals surface area contributed by atoms with E-state index >= 15 is 0 Å². The van der Waals surface area contributed by atoms with Crippen molar-refractivity contribution in [1.82, 2.24) is 9.47 Å². The number of fused-ring (bicyclic) bond motifs is 1. The van der Waals surface area contributed by atoms with Gasteiger partial charge in [0.15, 0.2) is 5.58 Å². The lowest BCUT2D eigenvalue weighted by Crippen LogP contribution is -2.39. The minimum atomic E-state index is -0.407. The molecular formula is C18H24N2O4. The van der Waals surface area contributed by atoms with Crippen LogP contribution in [0.2, 0.25) is 0 Å². The fourth-order valence-corrected chi connectivity index (χ4v) is 3.33. The van der Waals surface area contributed by atoms with E-state index in [1.54, 1.807) is 10.6 Å². The number of carbonyl (C=O) groups excluding carboxylic acids is 1. The Morgan fingerprint density at radius 2 is 2.25 bits per heavy atom. The molecule has 0 N–H and O–H groups in total. The van der Waals surface area contributed by atoms with Gasteiger partial charge in [0.1, 0.15) is 0 Å². The van der Waals surface area contributed by atoms with E-state index in [2.05, 4.69) is 0 Å². The second-order valence-electron chi connectivity index (χ2n) is 6.28. The molecule has 1 unspecified atom stereocenters. The van der Waals surface area contributed by atoms with E-state index in [1.165, 1.54) is 0 Å². The first-order chi connectivity index (χ1) is 11.6. The number of nitrogens with zero attached hydrogens (tertiary/aromatic N) is 2. The van der Waals surface area contributed by atoms with Crippen molar-refractivity contribution in [3.05, 3.63) is 34.3 Å². The molecule has 3 rings (SSSR count). The first-order valence-electron chi connectivity index (χ1n) is 8.57. The first kappa shape index (κ1) is 16.8. The Morgan fingerprint density at radius 3 is 3.04 bits per heavy atom. The highest BCUT2D eigenvalue weighted by Crippen LogP contribution is 2.20. The number of likely N-dealkylation sites (tertiary alicyclic amines) is 1. The van der Waals surface area contributed by atoms with Crippen LogP contribution >= 0.6 is 0 Å². The number of amides is 1. The molecule has 6 heteroatoms. The third kappa shape index (κ3) is 3.38. The molecule has 2 heterocycles. The molecule has 1 aromatic heterocycles. The zero-order chi connectivity index (χ0) is 17.1. The summed E-state index contributed by atoms with van der Waals surface area (Å²) in [5.74, 6) is -0.332. The summed E-state index contributed by atoms with van der Waals surface area (Å²) in [6, 6.07) is 5.78. The Labute approximate surface area is 141 Å². The van der Waals surface area contributed by atoms with Gasteiger partial charge in [-0.2, -0.15) is 0 Å². The van der Waals surface area contributed by atoms with Crippen LogP contribution < -0.4 is 5.76 Å². The van der Waals surface area contributed by atoms with E-state index in [-0.39, 0.29) is 11.9 Å². The summed E-state index contributed by atoms with van der Waals surface area (Å²) in [5.41, 5.74) is 2.37. The minimum Gasteiger partial charge on any atom is -0.408 e. The van der Waals surface area contributed by atoms with Crippen LogP contribution in [0.5, 0.6) is 0 Å². The highest BCUT2D eigenvalue weighted by Gasteiger charge is 2.28. The molecule has 0 spiro atoms. The lowest BCUT2D eigenvalue weighted by Gasteiger charge is -2.24. The maximum Gasteiger partial charge on any atom is 0.419 e. The van der Waals surface area contributed by atoms with Gasteiger partial charge >= 0.3 is 5.76 Å². The van der Waals surface area contributed by atoms with Gasteiger partial charge in [-0.1, -0.05) is 6.07 Å². The van der Waals surface area contributed by atoms with Crippen molar-refractivity contribution in [1.29, 1.82) is 0 Å². The van der Waals surface area contributed by atoms with Crippen LogP contribution in [0, 0.1) is 6.92 Å². The predicted octanol–water partition coefficient (Wildman–Crippen LogP) is 2.32. The Morgan fingerprint density at radius 1 is 1.42 bits per heavy atom. The summed E-state index contributed by atoms with van der Waals surface area (Å²) in [6.07, 6.45) is 2.29. The number of oxazole rings is 1. The Bertz CT molecular complexity index is 777. The van der Waals surface area contributed by atoms with E-state index in [1.807, 2.05) is 30.9 Å². The number of hydrogen-bond donors (Lipinski definition) is 0. The monoisotopic (exact) mass is 332 g/mol. The lowest BCUT2D eigenvalue weighted by molar-refractivity contribution is -0.133. The molecule has 1 aliphatic heterocycles. The van der Waals surface area contributed by atoms with E-state index in [4.69, 9.17) is 9.15 Å². The van der Waals surface area contributed by atoms with Crippen LogP contribution in [-0.2, 0) is 16.1 Å². The van der Waals surface area contributed by atoms with E-state index < -0.39 is 5.76 Å². The second-order valence-corrected chi connectivity index (χ2v) is 6.28. The number of rotatable bonds is 6. The quantitative estimate of drug-likeness (QED) is 0.814. The van der Waals surface area contributed by atoms with Gasteiger partial charge in [-0.15, -0.1) is 0 Å². The number of aryl methyl sites for hydroxylation is 2. The molecular weight excluding hydrogens is 308 g/mol. The van der Waals surface area contributed by atoms with Gasteiger partial charge in [-0.3, -0.25) is 9.36 Å². The highest BCUT2D eigenvalue weighted by molar-refractivity contribution is 5.77. The van der Waals surface area contributed by atoms with Crippen molar-refractivity contribution in [2.45, 2.75) is 45.7 Å². The average Bonchev–Trinajstić information content (AvgIpc) is 3.14. The van der Waals surface area contributed by atoms with Crippen LogP contribution in [0.3, 0.4) is 0 Å². The number of aromatic nitrogens is 1. The predicted molar refractivity (Wildman–Crippen MR) is 91.1 cm³/mol. The number of ether oxygens (including phenoxy) is 1. The van der Waals surface area contributed by atoms with E-state index in [9.17, 15) is 9.59 Å². The molecule has 6 nitrogen and oxygen atoms in total. The van der Waals surface area contributed by atoms with Gasteiger partial charge in [0.2, 0.25) is 5.91 Å². The summed E-state index contributed by atoms with van der Waals surface area (Å²) in [4.78, 5) is 26.5. The third-order valence-corrected chi connectivity index (χ3v) is 4.58. The van der Waals surface area contributed by atoms with E-state index in [0.717, 1.165) is 30.5 Å².